The summed E-state index contributed by atoms with van der Waals surface area (Å²) in [5.74, 6) is 0.699. The number of imide groups is 1. The molecule has 0 spiro atoms. The van der Waals surface area contributed by atoms with Crippen LogP contribution in [0.15, 0.2) is 71.6 Å². The molecule has 37 heavy (non-hydrogen) atoms. The van der Waals surface area contributed by atoms with Crippen LogP contribution in [0, 0.1) is 0 Å². The van der Waals surface area contributed by atoms with Gasteiger partial charge in [-0.25, -0.2) is 0 Å². The summed E-state index contributed by atoms with van der Waals surface area (Å²) in [6.07, 6.45) is 1.70. The lowest BCUT2D eigenvalue weighted by molar-refractivity contribution is -0.115. The van der Waals surface area contributed by atoms with Gasteiger partial charge in [0, 0.05) is 19.2 Å². The Kier molecular flexibility index (Phi) is 8.30. The van der Waals surface area contributed by atoms with Crippen LogP contribution in [0.3, 0.4) is 0 Å². The number of thioether (sulfide) groups is 1. The van der Waals surface area contributed by atoms with Gasteiger partial charge in [-0.15, -0.1) is 0 Å². The van der Waals surface area contributed by atoms with Gasteiger partial charge in [0.25, 0.3) is 17.1 Å². The predicted octanol–water partition coefficient (Wildman–Crippen LogP) is 5.75. The smallest absolute Gasteiger partial charge is 0.290 e. The van der Waals surface area contributed by atoms with E-state index in [2.05, 4.69) is 11.4 Å². The van der Waals surface area contributed by atoms with Gasteiger partial charge < -0.3 is 14.4 Å². The van der Waals surface area contributed by atoms with Crippen LogP contribution >= 0.6 is 11.8 Å². The molecule has 4 rings (SSSR count). The summed E-state index contributed by atoms with van der Waals surface area (Å²) in [5, 5.41) is 1.90. The Hall–Kier alpha value is -4.04. The monoisotopic (exact) mass is 516 g/mol. The lowest BCUT2D eigenvalue weighted by atomic mass is 10.0. The number of nitrogens with one attached hydrogen (secondary N) is 1. The number of rotatable bonds is 9. The standard InChI is InChI=1S/C29H28N2O5S/c1-4-35-24-14-13-23(17-25(24)36-5-2)28(33)31(3)18-20-7-6-8-22(15-20)21-11-9-19(10-12-21)16-26-27(32)30-29(34)37-26/h6-17H,4-5,18H2,1-3H3,(H,30,32,34). The fourth-order valence-corrected chi connectivity index (χ4v) is 4.63. The first kappa shape index (κ1) is 26.0. The molecule has 0 bridgehead atoms. The second-order valence-corrected chi connectivity index (χ2v) is 9.38. The van der Waals surface area contributed by atoms with Gasteiger partial charge >= 0.3 is 0 Å². The van der Waals surface area contributed by atoms with Crippen LogP contribution in [0.25, 0.3) is 17.2 Å². The number of hydrogen-bond acceptors (Lipinski definition) is 6. The summed E-state index contributed by atoms with van der Waals surface area (Å²) in [4.78, 5) is 38.3. The second kappa shape index (κ2) is 11.8. The van der Waals surface area contributed by atoms with E-state index in [0.29, 0.717) is 41.7 Å². The first-order valence-corrected chi connectivity index (χ1v) is 12.8. The highest BCUT2D eigenvalue weighted by atomic mass is 32.2. The third kappa shape index (κ3) is 6.40. The molecule has 0 aromatic heterocycles. The van der Waals surface area contributed by atoms with E-state index in [-0.39, 0.29) is 17.1 Å². The Morgan fingerprint density at radius 2 is 1.65 bits per heavy atom. The number of amides is 3. The largest absolute Gasteiger partial charge is 0.490 e. The van der Waals surface area contributed by atoms with E-state index >= 15 is 0 Å². The van der Waals surface area contributed by atoms with Crippen molar-refractivity contribution < 1.29 is 23.9 Å². The molecule has 3 amide bonds. The minimum Gasteiger partial charge on any atom is -0.490 e. The van der Waals surface area contributed by atoms with Gasteiger partial charge in [0.15, 0.2) is 11.5 Å². The van der Waals surface area contributed by atoms with Crippen molar-refractivity contribution in [1.82, 2.24) is 10.2 Å². The first-order valence-electron chi connectivity index (χ1n) is 12.0. The molecule has 1 aliphatic rings. The van der Waals surface area contributed by atoms with Gasteiger partial charge in [0.2, 0.25) is 0 Å². The molecule has 0 radical (unpaired) electrons. The average Bonchev–Trinajstić information content (AvgIpc) is 3.21. The molecule has 3 aromatic rings. The number of benzene rings is 3. The average molecular weight is 517 g/mol. The number of carbonyl (C=O) groups excluding carboxylic acids is 3. The summed E-state index contributed by atoms with van der Waals surface area (Å²) in [5.41, 5.74) is 4.38. The van der Waals surface area contributed by atoms with E-state index in [1.54, 1.807) is 36.2 Å². The maximum Gasteiger partial charge on any atom is 0.290 e. The summed E-state index contributed by atoms with van der Waals surface area (Å²) >= 11 is 0.899. The fourth-order valence-electron chi connectivity index (χ4n) is 3.94. The van der Waals surface area contributed by atoms with Crippen molar-refractivity contribution in [3.8, 4) is 22.6 Å². The zero-order valence-electron chi connectivity index (χ0n) is 20.9. The number of carbonyl (C=O) groups is 3. The fraction of sp³-hybridized carbons (Fsp3) is 0.207. The van der Waals surface area contributed by atoms with Gasteiger partial charge in [-0.3, -0.25) is 19.7 Å². The topological polar surface area (TPSA) is 84.9 Å². The maximum absolute atomic E-state index is 13.1. The molecular weight excluding hydrogens is 488 g/mol. The molecule has 0 saturated carbocycles. The molecule has 1 saturated heterocycles. The van der Waals surface area contributed by atoms with E-state index in [0.717, 1.165) is 34.0 Å². The van der Waals surface area contributed by atoms with Crippen molar-refractivity contribution in [2.45, 2.75) is 20.4 Å². The Balaban J connectivity index is 1.46. The third-order valence-corrected chi connectivity index (χ3v) is 6.48. The highest BCUT2D eigenvalue weighted by molar-refractivity contribution is 8.18. The molecule has 7 nitrogen and oxygen atoms in total. The van der Waals surface area contributed by atoms with Crippen molar-refractivity contribution in [2.24, 2.45) is 0 Å². The zero-order chi connectivity index (χ0) is 26.4. The van der Waals surface area contributed by atoms with E-state index in [4.69, 9.17) is 9.47 Å². The zero-order valence-corrected chi connectivity index (χ0v) is 21.8. The van der Waals surface area contributed by atoms with Crippen LogP contribution < -0.4 is 14.8 Å². The Labute approximate surface area is 220 Å². The van der Waals surface area contributed by atoms with Crippen molar-refractivity contribution in [1.29, 1.82) is 0 Å². The van der Waals surface area contributed by atoms with Crippen LogP contribution in [0.1, 0.15) is 35.3 Å². The second-order valence-electron chi connectivity index (χ2n) is 8.36. The molecular formula is C29H28N2O5S. The van der Waals surface area contributed by atoms with Crippen LogP contribution in [0.5, 0.6) is 11.5 Å². The highest BCUT2D eigenvalue weighted by Crippen LogP contribution is 2.30. The molecule has 0 aliphatic carbocycles. The molecule has 0 unspecified atom stereocenters. The van der Waals surface area contributed by atoms with E-state index in [1.807, 2.05) is 56.3 Å². The first-order chi connectivity index (χ1) is 17.9. The molecule has 3 aromatic carbocycles. The van der Waals surface area contributed by atoms with Gasteiger partial charge in [-0.05, 0) is 78.2 Å². The molecule has 1 fully saturated rings. The van der Waals surface area contributed by atoms with Gasteiger partial charge in [0.05, 0.1) is 18.1 Å². The summed E-state index contributed by atoms with van der Waals surface area (Å²) < 4.78 is 11.3. The van der Waals surface area contributed by atoms with Gasteiger partial charge in [-0.1, -0.05) is 42.5 Å². The third-order valence-electron chi connectivity index (χ3n) is 5.67. The van der Waals surface area contributed by atoms with Gasteiger partial charge in [0.1, 0.15) is 0 Å². The minimum absolute atomic E-state index is 0.112. The van der Waals surface area contributed by atoms with E-state index in [9.17, 15) is 14.4 Å². The van der Waals surface area contributed by atoms with Crippen molar-refractivity contribution in [2.75, 3.05) is 20.3 Å². The maximum atomic E-state index is 13.1. The Morgan fingerprint density at radius 1 is 0.919 bits per heavy atom. The Bertz CT molecular complexity index is 1350. The number of ether oxygens (including phenoxy) is 2. The molecule has 0 atom stereocenters. The van der Waals surface area contributed by atoms with Crippen LogP contribution in [0.4, 0.5) is 4.79 Å². The predicted molar refractivity (Wildman–Crippen MR) is 146 cm³/mol. The van der Waals surface area contributed by atoms with Crippen molar-refractivity contribution >= 4 is 34.9 Å². The van der Waals surface area contributed by atoms with Crippen LogP contribution in [0.2, 0.25) is 0 Å². The lowest BCUT2D eigenvalue weighted by Gasteiger charge is -2.19. The number of nitrogens with zero attached hydrogens (tertiary/aromatic N) is 1. The minimum atomic E-state index is -0.371. The molecule has 1 heterocycles. The molecule has 8 heteroatoms. The van der Waals surface area contributed by atoms with Gasteiger partial charge in [-0.2, -0.15) is 0 Å². The molecule has 1 N–H and O–H groups in total. The van der Waals surface area contributed by atoms with Crippen LogP contribution in [-0.4, -0.2) is 42.2 Å². The normalized spacial score (nSPS) is 14.0. The molecule has 1 aliphatic heterocycles. The summed E-state index contributed by atoms with van der Waals surface area (Å²) in [7, 11) is 1.77. The lowest BCUT2D eigenvalue weighted by Crippen LogP contribution is -2.26. The van der Waals surface area contributed by atoms with E-state index in [1.165, 1.54) is 0 Å². The van der Waals surface area contributed by atoms with Crippen molar-refractivity contribution in [3.05, 3.63) is 88.3 Å². The SMILES string of the molecule is CCOc1ccc(C(=O)N(C)Cc2cccc(-c3ccc(C=C4SC(=O)NC4=O)cc3)c2)cc1OCC. The highest BCUT2D eigenvalue weighted by Gasteiger charge is 2.24. The summed E-state index contributed by atoms with van der Waals surface area (Å²) in [6.45, 7) is 5.23. The summed E-state index contributed by atoms with van der Waals surface area (Å²) in [6, 6.07) is 21.0. The number of hydrogen-bond donors (Lipinski definition) is 1. The van der Waals surface area contributed by atoms with Crippen LogP contribution in [-0.2, 0) is 11.3 Å². The quantitative estimate of drug-likeness (QED) is 0.365. The molecule has 190 valence electrons. The Morgan fingerprint density at radius 3 is 2.32 bits per heavy atom. The van der Waals surface area contributed by atoms with Crippen molar-refractivity contribution in [3.63, 3.8) is 0 Å². The van der Waals surface area contributed by atoms with E-state index < -0.39 is 0 Å².